The molecule has 1 saturated carbocycles. The average molecular weight is 374 g/mol. The van der Waals surface area contributed by atoms with Crippen LogP contribution in [-0.2, 0) is 6.54 Å². The van der Waals surface area contributed by atoms with E-state index in [2.05, 4.69) is 33.4 Å². The topological polar surface area (TPSA) is 37.0 Å². The lowest BCUT2D eigenvalue weighted by molar-refractivity contribution is 0.481. The standard InChI is InChI=1S/C20H24ClN3S/c21-16-2-1-3-18(10-16)24-20-11-19(14-4-5-14)15(13-23-20)12-22-17-6-8-25-9-7-17/h1-3,10-11,13-14,17,22H,4-9,12H2,(H,23,24). The lowest BCUT2D eigenvalue weighted by Gasteiger charge is -2.23. The highest BCUT2D eigenvalue weighted by molar-refractivity contribution is 7.99. The van der Waals surface area contributed by atoms with Crippen molar-refractivity contribution in [1.29, 1.82) is 0 Å². The largest absolute Gasteiger partial charge is 0.340 e. The maximum absolute atomic E-state index is 6.07. The van der Waals surface area contributed by atoms with Crippen LogP contribution in [0.15, 0.2) is 36.5 Å². The van der Waals surface area contributed by atoms with Crippen molar-refractivity contribution >= 4 is 34.9 Å². The molecule has 0 radical (unpaired) electrons. The van der Waals surface area contributed by atoms with Crippen LogP contribution in [0, 0.1) is 0 Å². The molecule has 2 aromatic rings. The summed E-state index contributed by atoms with van der Waals surface area (Å²) >= 11 is 8.15. The van der Waals surface area contributed by atoms with Crippen LogP contribution in [0.25, 0.3) is 0 Å². The van der Waals surface area contributed by atoms with E-state index in [1.54, 1.807) is 0 Å². The number of nitrogens with one attached hydrogen (secondary N) is 2. The summed E-state index contributed by atoms with van der Waals surface area (Å²) in [4.78, 5) is 4.64. The van der Waals surface area contributed by atoms with Crippen LogP contribution >= 0.6 is 23.4 Å². The first kappa shape index (κ1) is 17.2. The van der Waals surface area contributed by atoms with Gasteiger partial charge in [-0.2, -0.15) is 11.8 Å². The third-order valence-electron chi connectivity index (χ3n) is 4.94. The molecule has 5 heteroatoms. The molecule has 4 rings (SSSR count). The summed E-state index contributed by atoms with van der Waals surface area (Å²) in [6, 6.07) is 10.7. The third kappa shape index (κ3) is 4.69. The molecular formula is C20H24ClN3S. The number of benzene rings is 1. The minimum atomic E-state index is 0.664. The van der Waals surface area contributed by atoms with Gasteiger partial charge >= 0.3 is 0 Å². The van der Waals surface area contributed by atoms with E-state index in [-0.39, 0.29) is 0 Å². The zero-order valence-electron chi connectivity index (χ0n) is 14.3. The molecule has 0 spiro atoms. The highest BCUT2D eigenvalue weighted by Gasteiger charge is 2.27. The number of rotatable bonds is 6. The minimum Gasteiger partial charge on any atom is -0.340 e. The molecule has 3 nitrogen and oxygen atoms in total. The van der Waals surface area contributed by atoms with Gasteiger partial charge in [-0.3, -0.25) is 0 Å². The van der Waals surface area contributed by atoms with Crippen molar-refractivity contribution in [3.05, 3.63) is 52.7 Å². The Kier molecular flexibility index (Phi) is 5.49. The molecule has 1 aliphatic heterocycles. The summed E-state index contributed by atoms with van der Waals surface area (Å²) in [5.41, 5.74) is 3.79. The summed E-state index contributed by atoms with van der Waals surface area (Å²) in [5, 5.41) is 7.86. The Morgan fingerprint density at radius 2 is 1.96 bits per heavy atom. The highest BCUT2D eigenvalue weighted by Crippen LogP contribution is 2.42. The summed E-state index contributed by atoms with van der Waals surface area (Å²) in [6.45, 7) is 0.936. The zero-order chi connectivity index (χ0) is 17.1. The van der Waals surface area contributed by atoms with Crippen molar-refractivity contribution in [3.63, 3.8) is 0 Å². The normalized spacial score (nSPS) is 18.3. The monoisotopic (exact) mass is 373 g/mol. The van der Waals surface area contributed by atoms with Gasteiger partial charge in [-0.15, -0.1) is 0 Å². The van der Waals surface area contributed by atoms with E-state index in [4.69, 9.17) is 11.6 Å². The van der Waals surface area contributed by atoms with Crippen LogP contribution in [0.1, 0.15) is 42.7 Å². The lowest BCUT2D eigenvalue weighted by atomic mass is 10.0. The molecular weight excluding hydrogens is 350 g/mol. The van der Waals surface area contributed by atoms with Crippen LogP contribution in [0.5, 0.6) is 0 Å². The number of anilines is 2. The Labute approximate surface area is 159 Å². The van der Waals surface area contributed by atoms with E-state index >= 15 is 0 Å². The molecule has 25 heavy (non-hydrogen) atoms. The van der Waals surface area contributed by atoms with E-state index in [9.17, 15) is 0 Å². The van der Waals surface area contributed by atoms with Gasteiger partial charge in [0.05, 0.1) is 0 Å². The average Bonchev–Trinajstić information content (AvgIpc) is 3.46. The maximum Gasteiger partial charge on any atom is 0.130 e. The molecule has 2 fully saturated rings. The number of thioether (sulfide) groups is 1. The molecule has 2 N–H and O–H groups in total. The second-order valence-corrected chi connectivity index (χ2v) is 8.61. The summed E-state index contributed by atoms with van der Waals surface area (Å²) in [5.74, 6) is 4.19. The highest BCUT2D eigenvalue weighted by atomic mass is 35.5. The van der Waals surface area contributed by atoms with Gasteiger partial charge in [0.2, 0.25) is 0 Å². The molecule has 1 aliphatic carbocycles. The van der Waals surface area contributed by atoms with Crippen LogP contribution in [0.2, 0.25) is 5.02 Å². The SMILES string of the molecule is Clc1cccc(Nc2cc(C3CC3)c(CNC3CCSCC3)cn2)c1. The first-order valence-electron chi connectivity index (χ1n) is 9.10. The van der Waals surface area contributed by atoms with Gasteiger partial charge in [0.25, 0.3) is 0 Å². The summed E-state index contributed by atoms with van der Waals surface area (Å²) in [6.07, 6.45) is 7.21. The van der Waals surface area contributed by atoms with Crippen LogP contribution in [0.4, 0.5) is 11.5 Å². The quantitative estimate of drug-likeness (QED) is 0.716. The molecule has 0 bridgehead atoms. The van der Waals surface area contributed by atoms with Crippen molar-refractivity contribution in [2.75, 3.05) is 16.8 Å². The maximum atomic E-state index is 6.07. The second kappa shape index (κ2) is 7.98. The van der Waals surface area contributed by atoms with Gasteiger partial charge in [-0.05, 0) is 78.5 Å². The Balaban J connectivity index is 1.46. The van der Waals surface area contributed by atoms with E-state index in [1.807, 2.05) is 30.5 Å². The molecule has 1 aromatic heterocycles. The van der Waals surface area contributed by atoms with E-state index in [0.29, 0.717) is 12.0 Å². The number of nitrogens with zero attached hydrogens (tertiary/aromatic N) is 1. The fraction of sp³-hybridized carbons (Fsp3) is 0.450. The van der Waals surface area contributed by atoms with Gasteiger partial charge in [0, 0.05) is 29.5 Å². The zero-order valence-corrected chi connectivity index (χ0v) is 15.9. The van der Waals surface area contributed by atoms with Crippen molar-refractivity contribution in [2.24, 2.45) is 0 Å². The molecule has 2 aliphatic rings. The number of halogens is 1. The number of hydrogen-bond donors (Lipinski definition) is 2. The van der Waals surface area contributed by atoms with Crippen LogP contribution in [0.3, 0.4) is 0 Å². The summed E-state index contributed by atoms with van der Waals surface area (Å²) < 4.78 is 0. The van der Waals surface area contributed by atoms with E-state index in [1.165, 1.54) is 48.3 Å². The molecule has 0 atom stereocenters. The van der Waals surface area contributed by atoms with Crippen LogP contribution in [-0.4, -0.2) is 22.5 Å². The number of aromatic nitrogens is 1. The molecule has 2 heterocycles. The number of hydrogen-bond acceptors (Lipinski definition) is 4. The molecule has 132 valence electrons. The molecule has 1 aromatic carbocycles. The summed E-state index contributed by atoms with van der Waals surface area (Å²) in [7, 11) is 0. The Hall–Kier alpha value is -1.23. The Morgan fingerprint density at radius 3 is 2.72 bits per heavy atom. The first-order valence-corrected chi connectivity index (χ1v) is 10.6. The van der Waals surface area contributed by atoms with Gasteiger partial charge < -0.3 is 10.6 Å². The first-order chi connectivity index (χ1) is 12.3. The van der Waals surface area contributed by atoms with Crippen molar-refractivity contribution in [2.45, 2.75) is 44.2 Å². The number of pyridine rings is 1. The van der Waals surface area contributed by atoms with E-state index in [0.717, 1.165) is 23.1 Å². The lowest BCUT2D eigenvalue weighted by Crippen LogP contribution is -2.32. The van der Waals surface area contributed by atoms with Gasteiger partial charge in [-0.1, -0.05) is 17.7 Å². The van der Waals surface area contributed by atoms with Crippen molar-refractivity contribution in [1.82, 2.24) is 10.3 Å². The molecule has 0 unspecified atom stereocenters. The van der Waals surface area contributed by atoms with Crippen molar-refractivity contribution < 1.29 is 0 Å². The van der Waals surface area contributed by atoms with Gasteiger partial charge in [0.1, 0.15) is 5.82 Å². The smallest absolute Gasteiger partial charge is 0.130 e. The predicted octanol–water partition coefficient (Wildman–Crippen LogP) is 5.34. The third-order valence-corrected chi connectivity index (χ3v) is 6.22. The Morgan fingerprint density at radius 1 is 1.12 bits per heavy atom. The van der Waals surface area contributed by atoms with Crippen LogP contribution < -0.4 is 10.6 Å². The molecule has 0 amide bonds. The fourth-order valence-electron chi connectivity index (χ4n) is 3.36. The Bertz CT molecular complexity index is 727. The van der Waals surface area contributed by atoms with E-state index < -0.39 is 0 Å². The fourth-order valence-corrected chi connectivity index (χ4v) is 4.66. The van der Waals surface area contributed by atoms with Gasteiger partial charge in [-0.25, -0.2) is 4.98 Å². The second-order valence-electron chi connectivity index (χ2n) is 6.95. The minimum absolute atomic E-state index is 0.664. The van der Waals surface area contributed by atoms with Crippen molar-refractivity contribution in [3.8, 4) is 0 Å². The van der Waals surface area contributed by atoms with Gasteiger partial charge in [0.15, 0.2) is 0 Å². The predicted molar refractivity (Wildman–Crippen MR) is 108 cm³/mol. The molecule has 1 saturated heterocycles.